The number of alkyl halides is 3. The SMILES string of the molecule is Cc1cc(-c2ccncc2)ccc1N(C(N)=O)c1cccc(C(F)(F)F)c1. The largest absolute Gasteiger partial charge is 0.416 e. The summed E-state index contributed by atoms with van der Waals surface area (Å²) in [6, 6.07) is 12.6. The zero-order valence-electron chi connectivity index (χ0n) is 14.4. The second kappa shape index (κ2) is 7.11. The Labute approximate surface area is 154 Å². The van der Waals surface area contributed by atoms with Crippen molar-refractivity contribution in [3.63, 3.8) is 0 Å². The van der Waals surface area contributed by atoms with Crippen LogP contribution in [0.4, 0.5) is 29.3 Å². The average molecular weight is 371 g/mol. The number of nitrogens with two attached hydrogens (primary N) is 1. The maximum atomic E-state index is 13.0. The van der Waals surface area contributed by atoms with Gasteiger partial charge in [0.05, 0.1) is 16.9 Å². The molecule has 0 aliphatic rings. The molecule has 0 unspecified atom stereocenters. The number of hydrogen-bond donors (Lipinski definition) is 1. The number of urea groups is 1. The van der Waals surface area contributed by atoms with Gasteiger partial charge in [0.2, 0.25) is 0 Å². The first-order valence-corrected chi connectivity index (χ1v) is 8.05. The molecule has 1 aromatic heterocycles. The minimum atomic E-state index is -4.51. The van der Waals surface area contributed by atoms with Gasteiger partial charge in [0.1, 0.15) is 0 Å². The van der Waals surface area contributed by atoms with Crippen LogP contribution in [0.3, 0.4) is 0 Å². The molecule has 7 heteroatoms. The van der Waals surface area contributed by atoms with Gasteiger partial charge >= 0.3 is 12.2 Å². The normalized spacial score (nSPS) is 11.3. The van der Waals surface area contributed by atoms with E-state index in [1.165, 1.54) is 12.1 Å². The second-order valence-corrected chi connectivity index (χ2v) is 5.96. The van der Waals surface area contributed by atoms with Crippen molar-refractivity contribution < 1.29 is 18.0 Å². The fourth-order valence-corrected chi connectivity index (χ4v) is 2.84. The van der Waals surface area contributed by atoms with Crippen molar-refractivity contribution >= 4 is 17.4 Å². The minimum absolute atomic E-state index is 0.0529. The molecule has 0 bridgehead atoms. The highest BCUT2D eigenvalue weighted by molar-refractivity contribution is 5.99. The van der Waals surface area contributed by atoms with E-state index < -0.39 is 17.8 Å². The molecule has 3 rings (SSSR count). The number of benzene rings is 2. The van der Waals surface area contributed by atoms with Crippen LogP contribution in [0, 0.1) is 6.92 Å². The molecule has 0 aliphatic heterocycles. The van der Waals surface area contributed by atoms with Crippen LogP contribution in [0.5, 0.6) is 0 Å². The Balaban J connectivity index is 2.05. The highest BCUT2D eigenvalue weighted by Gasteiger charge is 2.31. The fraction of sp³-hybridized carbons (Fsp3) is 0.100. The molecule has 0 saturated carbocycles. The van der Waals surface area contributed by atoms with Crippen molar-refractivity contribution in [1.29, 1.82) is 0 Å². The topological polar surface area (TPSA) is 59.2 Å². The number of carbonyl (C=O) groups is 1. The summed E-state index contributed by atoms with van der Waals surface area (Å²) < 4.78 is 39.0. The van der Waals surface area contributed by atoms with E-state index in [9.17, 15) is 18.0 Å². The van der Waals surface area contributed by atoms with E-state index in [1.807, 2.05) is 18.2 Å². The molecule has 4 nitrogen and oxygen atoms in total. The maximum Gasteiger partial charge on any atom is 0.416 e. The number of hydrogen-bond acceptors (Lipinski definition) is 2. The molecule has 0 radical (unpaired) electrons. The number of pyridine rings is 1. The summed E-state index contributed by atoms with van der Waals surface area (Å²) in [5, 5.41) is 0. The third kappa shape index (κ3) is 3.92. The number of rotatable bonds is 3. The lowest BCUT2D eigenvalue weighted by molar-refractivity contribution is -0.137. The molecule has 1 heterocycles. The molecule has 0 aliphatic carbocycles. The predicted octanol–water partition coefficient (Wildman–Crippen LogP) is 5.29. The van der Waals surface area contributed by atoms with Crippen molar-refractivity contribution in [2.45, 2.75) is 13.1 Å². The first-order chi connectivity index (χ1) is 12.8. The fourth-order valence-electron chi connectivity index (χ4n) is 2.84. The standard InChI is InChI=1S/C20H16F3N3O/c1-13-11-15(14-7-9-25-10-8-14)5-6-18(13)26(19(24)27)17-4-2-3-16(12-17)20(21,22)23/h2-12H,1H3,(H2,24,27). The number of anilines is 2. The number of amides is 2. The van der Waals surface area contributed by atoms with Gasteiger partial charge in [0.25, 0.3) is 0 Å². The molecule has 0 atom stereocenters. The van der Waals surface area contributed by atoms with E-state index in [2.05, 4.69) is 4.98 Å². The van der Waals surface area contributed by atoms with Gasteiger partial charge in [-0.3, -0.25) is 9.88 Å². The molecule has 0 saturated heterocycles. The van der Waals surface area contributed by atoms with E-state index in [0.717, 1.165) is 28.2 Å². The lowest BCUT2D eigenvalue weighted by atomic mass is 10.0. The number of aryl methyl sites for hydroxylation is 1. The number of nitrogens with zero attached hydrogens (tertiary/aromatic N) is 2. The van der Waals surface area contributed by atoms with Gasteiger partial charge in [-0.2, -0.15) is 13.2 Å². The Kier molecular flexibility index (Phi) is 4.85. The monoisotopic (exact) mass is 371 g/mol. The van der Waals surface area contributed by atoms with Crippen LogP contribution >= 0.6 is 0 Å². The van der Waals surface area contributed by atoms with Crippen molar-refractivity contribution in [2.75, 3.05) is 4.90 Å². The molecule has 2 amide bonds. The van der Waals surface area contributed by atoms with Crippen LogP contribution < -0.4 is 10.6 Å². The zero-order valence-corrected chi connectivity index (χ0v) is 14.4. The van der Waals surface area contributed by atoms with Gasteiger partial charge in [-0.15, -0.1) is 0 Å². The molecule has 0 spiro atoms. The van der Waals surface area contributed by atoms with Crippen molar-refractivity contribution in [3.05, 3.63) is 78.1 Å². The lowest BCUT2D eigenvalue weighted by Gasteiger charge is -2.24. The number of primary amides is 1. The van der Waals surface area contributed by atoms with E-state index in [0.29, 0.717) is 11.3 Å². The summed E-state index contributed by atoms with van der Waals surface area (Å²) in [5.41, 5.74) is 7.62. The molecular weight excluding hydrogens is 355 g/mol. The van der Waals surface area contributed by atoms with Gasteiger partial charge in [0, 0.05) is 12.4 Å². The van der Waals surface area contributed by atoms with E-state index >= 15 is 0 Å². The zero-order chi connectivity index (χ0) is 19.6. The second-order valence-electron chi connectivity index (χ2n) is 5.96. The molecule has 0 fully saturated rings. The molecule has 27 heavy (non-hydrogen) atoms. The van der Waals surface area contributed by atoms with Crippen molar-refractivity contribution in [2.24, 2.45) is 5.73 Å². The number of aromatic nitrogens is 1. The molecule has 2 aromatic carbocycles. The van der Waals surface area contributed by atoms with Crippen molar-refractivity contribution in [3.8, 4) is 11.1 Å². The smallest absolute Gasteiger partial charge is 0.351 e. The number of carbonyl (C=O) groups excluding carboxylic acids is 1. The first-order valence-electron chi connectivity index (χ1n) is 8.05. The Bertz CT molecular complexity index is 972. The maximum absolute atomic E-state index is 13.0. The van der Waals surface area contributed by atoms with Crippen LogP contribution in [0.2, 0.25) is 0 Å². The van der Waals surface area contributed by atoms with Crippen LogP contribution in [0.1, 0.15) is 11.1 Å². The molecular formula is C20H16F3N3O. The minimum Gasteiger partial charge on any atom is -0.351 e. The average Bonchev–Trinajstić information content (AvgIpc) is 2.63. The van der Waals surface area contributed by atoms with Gasteiger partial charge in [-0.1, -0.05) is 12.1 Å². The molecule has 138 valence electrons. The van der Waals surface area contributed by atoms with Gasteiger partial charge in [0.15, 0.2) is 0 Å². The summed E-state index contributed by atoms with van der Waals surface area (Å²) >= 11 is 0. The van der Waals surface area contributed by atoms with Gasteiger partial charge in [-0.05, 0) is 66.1 Å². The Hall–Kier alpha value is -3.35. The number of halogens is 3. The van der Waals surface area contributed by atoms with Crippen LogP contribution in [0.25, 0.3) is 11.1 Å². The van der Waals surface area contributed by atoms with Crippen LogP contribution in [-0.2, 0) is 6.18 Å². The quantitative estimate of drug-likeness (QED) is 0.680. The Morgan fingerprint density at radius 3 is 2.30 bits per heavy atom. The summed E-state index contributed by atoms with van der Waals surface area (Å²) in [5.74, 6) is 0. The predicted molar refractivity (Wildman–Crippen MR) is 97.6 cm³/mol. The summed E-state index contributed by atoms with van der Waals surface area (Å²) in [7, 11) is 0. The van der Waals surface area contributed by atoms with E-state index in [4.69, 9.17) is 5.73 Å². The van der Waals surface area contributed by atoms with E-state index in [-0.39, 0.29) is 5.69 Å². The highest BCUT2D eigenvalue weighted by atomic mass is 19.4. The van der Waals surface area contributed by atoms with E-state index in [1.54, 1.807) is 31.5 Å². The third-order valence-corrected chi connectivity index (χ3v) is 4.10. The lowest BCUT2D eigenvalue weighted by Crippen LogP contribution is -2.32. The summed E-state index contributed by atoms with van der Waals surface area (Å²) in [6.45, 7) is 1.77. The highest BCUT2D eigenvalue weighted by Crippen LogP contribution is 2.35. The van der Waals surface area contributed by atoms with Gasteiger partial charge in [-0.25, -0.2) is 4.79 Å². The van der Waals surface area contributed by atoms with Crippen LogP contribution in [0.15, 0.2) is 67.0 Å². The summed E-state index contributed by atoms with van der Waals surface area (Å²) in [4.78, 5) is 17.1. The molecule has 2 N–H and O–H groups in total. The molecule has 3 aromatic rings. The third-order valence-electron chi connectivity index (χ3n) is 4.10. The Morgan fingerprint density at radius 2 is 1.70 bits per heavy atom. The first kappa shape index (κ1) is 18.4. The van der Waals surface area contributed by atoms with Crippen molar-refractivity contribution in [1.82, 2.24) is 4.98 Å². The van der Waals surface area contributed by atoms with Gasteiger partial charge < -0.3 is 5.73 Å². The Morgan fingerprint density at radius 1 is 1.00 bits per heavy atom. The summed E-state index contributed by atoms with van der Waals surface area (Å²) in [6.07, 6.45) is -1.19. The van der Waals surface area contributed by atoms with Crippen LogP contribution in [-0.4, -0.2) is 11.0 Å².